The Balaban J connectivity index is 1.98. The molecule has 1 aliphatic rings. The minimum absolute atomic E-state index is 0.265. The number of H-pyrrole nitrogens is 1. The molecule has 3 rings (SSSR count). The quantitative estimate of drug-likeness (QED) is 0.906. The van der Waals surface area contributed by atoms with Crippen molar-refractivity contribution >= 4 is 16.9 Å². The number of hydrogen-bond donors (Lipinski definition) is 2. The third kappa shape index (κ3) is 2.36. The summed E-state index contributed by atoms with van der Waals surface area (Å²) in [5.41, 5.74) is 3.66. The Morgan fingerprint density at radius 2 is 2.37 bits per heavy atom. The monoisotopic (exact) mass is 277 g/mol. The maximum Gasteiger partial charge on any atom is 0.139 e. The van der Waals surface area contributed by atoms with E-state index in [2.05, 4.69) is 15.0 Å². The molecule has 6 heteroatoms. The summed E-state index contributed by atoms with van der Waals surface area (Å²) in [6.07, 6.45) is 4.78. The molecule has 1 aliphatic carbocycles. The maximum atomic E-state index is 13.6. The van der Waals surface area contributed by atoms with E-state index in [0.29, 0.717) is 22.7 Å². The van der Waals surface area contributed by atoms with Crippen LogP contribution in [0.25, 0.3) is 5.57 Å². The van der Waals surface area contributed by atoms with Crippen molar-refractivity contribution in [1.29, 1.82) is 0 Å². The molecule has 0 bridgehead atoms. The molecule has 2 unspecified atom stereocenters. The van der Waals surface area contributed by atoms with Gasteiger partial charge in [-0.05, 0) is 11.6 Å². The largest absolute Gasteiger partial charge is 0.380 e. The Labute approximate surface area is 113 Å². The number of aliphatic hydroxyl groups is 1. The van der Waals surface area contributed by atoms with Gasteiger partial charge in [0.25, 0.3) is 0 Å². The lowest BCUT2D eigenvalue weighted by Crippen LogP contribution is -2.12. The number of rotatable bonds is 3. The van der Waals surface area contributed by atoms with Crippen LogP contribution in [-0.2, 0) is 0 Å². The lowest BCUT2D eigenvalue weighted by molar-refractivity contribution is 0.210. The molecule has 0 spiro atoms. The number of nitrogens with zero attached hydrogens (tertiary/aromatic N) is 2. The Hall–Kier alpha value is -1.79. The first-order valence-electron chi connectivity index (χ1n) is 5.88. The zero-order valence-corrected chi connectivity index (χ0v) is 10.8. The summed E-state index contributed by atoms with van der Waals surface area (Å²) in [6.45, 7) is 0. The summed E-state index contributed by atoms with van der Waals surface area (Å²) in [6, 6.07) is 0. The third-order valence-electron chi connectivity index (χ3n) is 3.00. The topological polar surface area (TPSA) is 61.8 Å². The molecule has 2 aromatic heterocycles. The molecule has 2 atom stereocenters. The number of aromatic nitrogens is 3. The molecule has 19 heavy (non-hydrogen) atoms. The van der Waals surface area contributed by atoms with Crippen LogP contribution in [-0.4, -0.2) is 26.2 Å². The van der Waals surface area contributed by atoms with E-state index in [9.17, 15) is 9.50 Å². The van der Waals surface area contributed by atoms with Crippen LogP contribution in [0.5, 0.6) is 0 Å². The van der Waals surface area contributed by atoms with Gasteiger partial charge in [0.2, 0.25) is 0 Å². The zero-order valence-electron chi connectivity index (χ0n) is 9.95. The van der Waals surface area contributed by atoms with Crippen LogP contribution in [0.4, 0.5) is 4.39 Å². The van der Waals surface area contributed by atoms with E-state index in [1.165, 1.54) is 17.4 Å². The van der Waals surface area contributed by atoms with Gasteiger partial charge in [0.05, 0.1) is 11.2 Å². The summed E-state index contributed by atoms with van der Waals surface area (Å²) >= 11 is 1.44. The van der Waals surface area contributed by atoms with E-state index >= 15 is 0 Å². The van der Waals surface area contributed by atoms with Crippen LogP contribution < -0.4 is 0 Å². The number of hydrogen-bond acceptors (Lipinski definition) is 4. The number of halogens is 1. The predicted octanol–water partition coefficient (Wildman–Crippen LogP) is 2.65. The molecule has 0 saturated carbocycles. The van der Waals surface area contributed by atoms with Crippen molar-refractivity contribution in [2.75, 3.05) is 0 Å². The first-order valence-corrected chi connectivity index (χ1v) is 6.82. The molecule has 0 aromatic carbocycles. The molecule has 0 aliphatic heterocycles. The van der Waals surface area contributed by atoms with E-state index in [-0.39, 0.29) is 6.42 Å². The molecule has 0 radical (unpaired) electrons. The average Bonchev–Trinajstić information content (AvgIpc) is 3.11. The van der Waals surface area contributed by atoms with Crippen LogP contribution in [0, 0.1) is 0 Å². The number of aliphatic hydroxyl groups excluding tert-OH is 1. The molecule has 98 valence electrons. The molecule has 4 nitrogen and oxygen atoms in total. The zero-order chi connectivity index (χ0) is 13.2. The molecule has 0 amide bonds. The SMILES string of the molecule is OC(C1=CCC(F)C=C1c1cscn1)c1ncc[nH]1. The highest BCUT2D eigenvalue weighted by molar-refractivity contribution is 7.07. The van der Waals surface area contributed by atoms with E-state index in [0.717, 1.165) is 0 Å². The van der Waals surface area contributed by atoms with Gasteiger partial charge in [0.15, 0.2) is 0 Å². The summed E-state index contributed by atoms with van der Waals surface area (Å²) in [5, 5.41) is 12.2. The second-order valence-electron chi connectivity index (χ2n) is 4.24. The van der Waals surface area contributed by atoms with Crippen molar-refractivity contribution in [3.8, 4) is 0 Å². The van der Waals surface area contributed by atoms with Gasteiger partial charge < -0.3 is 10.1 Å². The minimum atomic E-state index is -1.04. The van der Waals surface area contributed by atoms with Crippen LogP contribution in [0.3, 0.4) is 0 Å². The fourth-order valence-electron chi connectivity index (χ4n) is 2.11. The van der Waals surface area contributed by atoms with Gasteiger partial charge in [-0.3, -0.25) is 0 Å². The molecule has 2 aromatic rings. The number of nitrogens with one attached hydrogen (secondary N) is 1. The van der Waals surface area contributed by atoms with E-state index < -0.39 is 12.3 Å². The standard InChI is InChI=1S/C13H12FN3OS/c14-8-1-2-9(12(18)13-15-3-4-16-13)10(5-8)11-6-19-7-17-11/h2-8,12,18H,1H2,(H,15,16). The third-order valence-corrected chi connectivity index (χ3v) is 3.59. The van der Waals surface area contributed by atoms with Crippen molar-refractivity contribution < 1.29 is 9.50 Å². The van der Waals surface area contributed by atoms with E-state index in [1.807, 2.05) is 5.38 Å². The normalized spacial score (nSPS) is 20.8. The van der Waals surface area contributed by atoms with Crippen molar-refractivity contribution in [3.05, 3.63) is 52.5 Å². The highest BCUT2D eigenvalue weighted by Gasteiger charge is 2.25. The minimum Gasteiger partial charge on any atom is -0.380 e. The second-order valence-corrected chi connectivity index (χ2v) is 4.96. The second kappa shape index (κ2) is 5.07. The number of allylic oxidation sites excluding steroid dienone is 2. The number of imidazole rings is 1. The van der Waals surface area contributed by atoms with Crippen molar-refractivity contribution in [2.45, 2.75) is 18.7 Å². The highest BCUT2D eigenvalue weighted by atomic mass is 32.1. The van der Waals surface area contributed by atoms with Gasteiger partial charge in [-0.25, -0.2) is 14.4 Å². The summed E-state index contributed by atoms with van der Waals surface area (Å²) in [5.74, 6) is 0.449. The molecule has 0 saturated heterocycles. The van der Waals surface area contributed by atoms with Crippen molar-refractivity contribution in [1.82, 2.24) is 15.0 Å². The average molecular weight is 277 g/mol. The maximum absolute atomic E-state index is 13.6. The fraction of sp³-hybridized carbons (Fsp3) is 0.231. The van der Waals surface area contributed by atoms with Gasteiger partial charge in [0, 0.05) is 29.8 Å². The molecule has 0 fully saturated rings. The van der Waals surface area contributed by atoms with Gasteiger partial charge in [-0.15, -0.1) is 11.3 Å². The van der Waals surface area contributed by atoms with Crippen molar-refractivity contribution in [3.63, 3.8) is 0 Å². The van der Waals surface area contributed by atoms with Crippen molar-refractivity contribution in [2.24, 2.45) is 0 Å². The van der Waals surface area contributed by atoms with Gasteiger partial charge in [-0.2, -0.15) is 0 Å². The van der Waals surface area contributed by atoms with Crippen LogP contribution >= 0.6 is 11.3 Å². The lowest BCUT2D eigenvalue weighted by atomic mass is 9.91. The number of thiazole rings is 1. The summed E-state index contributed by atoms with van der Waals surface area (Å²) in [4.78, 5) is 11.1. The Kier molecular flexibility index (Phi) is 3.27. The predicted molar refractivity (Wildman–Crippen MR) is 71.2 cm³/mol. The smallest absolute Gasteiger partial charge is 0.139 e. The molecule has 2 N–H and O–H groups in total. The van der Waals surface area contributed by atoms with E-state index in [1.54, 1.807) is 24.0 Å². The number of aromatic amines is 1. The fourth-order valence-corrected chi connectivity index (χ4v) is 2.66. The van der Waals surface area contributed by atoms with Crippen LogP contribution in [0.2, 0.25) is 0 Å². The number of alkyl halides is 1. The van der Waals surface area contributed by atoms with E-state index in [4.69, 9.17) is 0 Å². The molecular weight excluding hydrogens is 265 g/mol. The first kappa shape index (κ1) is 12.3. The Morgan fingerprint density at radius 1 is 1.47 bits per heavy atom. The van der Waals surface area contributed by atoms with Crippen LogP contribution in [0.15, 0.2) is 41.0 Å². The Morgan fingerprint density at radius 3 is 3.05 bits per heavy atom. The molecule has 2 heterocycles. The van der Waals surface area contributed by atoms with Crippen LogP contribution in [0.1, 0.15) is 24.0 Å². The first-order chi connectivity index (χ1) is 9.25. The highest BCUT2D eigenvalue weighted by Crippen LogP contribution is 2.36. The Bertz CT molecular complexity index is 604. The summed E-state index contributed by atoms with van der Waals surface area (Å²) < 4.78 is 13.6. The lowest BCUT2D eigenvalue weighted by Gasteiger charge is -2.20. The van der Waals surface area contributed by atoms with Gasteiger partial charge in [-0.1, -0.05) is 6.08 Å². The summed E-state index contributed by atoms with van der Waals surface area (Å²) in [7, 11) is 0. The molecular formula is C13H12FN3OS. The van der Waals surface area contributed by atoms with Gasteiger partial charge >= 0.3 is 0 Å². The van der Waals surface area contributed by atoms with Gasteiger partial charge in [0.1, 0.15) is 18.1 Å².